The van der Waals surface area contributed by atoms with Crippen LogP contribution in [-0.2, 0) is 0 Å². The molecule has 3 heteroatoms. The minimum absolute atomic E-state index is 1.17. The van der Waals surface area contributed by atoms with Crippen molar-refractivity contribution in [2.75, 3.05) is 0 Å². The second kappa shape index (κ2) is 10.1. The van der Waals surface area contributed by atoms with E-state index in [0.717, 1.165) is 0 Å². The van der Waals surface area contributed by atoms with Gasteiger partial charge in [-0.25, -0.2) is 0 Å². The van der Waals surface area contributed by atoms with Crippen molar-refractivity contribution < 1.29 is 0 Å². The maximum atomic E-state index is 2.48. The molecule has 9 aromatic carbocycles. The zero-order valence-electron chi connectivity index (χ0n) is 27.5. The van der Waals surface area contributed by atoms with Crippen LogP contribution >= 0.6 is 11.3 Å². The van der Waals surface area contributed by atoms with E-state index >= 15 is 0 Å². The van der Waals surface area contributed by atoms with E-state index in [1.165, 1.54) is 107 Å². The Morgan fingerprint density at radius 3 is 1.27 bits per heavy atom. The third kappa shape index (κ3) is 3.65. The number of nitrogens with zero attached hydrogens (tertiary/aromatic N) is 2. The van der Waals surface area contributed by atoms with Crippen molar-refractivity contribution in [1.82, 2.24) is 9.13 Å². The minimum Gasteiger partial charge on any atom is -0.309 e. The minimum atomic E-state index is 1.17. The van der Waals surface area contributed by atoms with Crippen molar-refractivity contribution in [3.63, 3.8) is 0 Å². The molecule has 3 aromatic heterocycles. The van der Waals surface area contributed by atoms with E-state index in [4.69, 9.17) is 0 Å². The molecule has 0 atom stereocenters. The molecule has 0 saturated heterocycles. The summed E-state index contributed by atoms with van der Waals surface area (Å²) >= 11 is 1.87. The summed E-state index contributed by atoms with van der Waals surface area (Å²) in [5, 5.41) is 15.5. The monoisotopic (exact) mass is 664 g/mol. The first-order valence-electron chi connectivity index (χ1n) is 17.5. The fourth-order valence-electron chi connectivity index (χ4n) is 8.96. The van der Waals surface area contributed by atoms with Gasteiger partial charge in [-0.3, -0.25) is 0 Å². The lowest BCUT2D eigenvalue weighted by Gasteiger charge is -2.14. The summed E-state index contributed by atoms with van der Waals surface area (Å²) in [6.45, 7) is 0. The highest BCUT2D eigenvalue weighted by Crippen LogP contribution is 2.44. The van der Waals surface area contributed by atoms with Crippen molar-refractivity contribution in [1.29, 1.82) is 0 Å². The molecule has 12 rings (SSSR count). The third-order valence-electron chi connectivity index (χ3n) is 11.1. The number of rotatable bonds is 2. The molecule has 236 valence electrons. The number of hydrogen-bond donors (Lipinski definition) is 0. The van der Waals surface area contributed by atoms with Crippen molar-refractivity contribution in [2.45, 2.75) is 0 Å². The van der Waals surface area contributed by atoms with Crippen LogP contribution in [0.1, 0.15) is 0 Å². The van der Waals surface area contributed by atoms with Crippen LogP contribution in [0.3, 0.4) is 0 Å². The lowest BCUT2D eigenvalue weighted by molar-refractivity contribution is 1.18. The van der Waals surface area contributed by atoms with Crippen molar-refractivity contribution in [3.8, 4) is 11.4 Å². The van der Waals surface area contributed by atoms with Gasteiger partial charge in [0, 0.05) is 53.1 Å². The molecule has 0 aliphatic heterocycles. The van der Waals surface area contributed by atoms with Crippen LogP contribution in [0.4, 0.5) is 0 Å². The number of thiophene rings is 1. The fourth-order valence-corrected chi connectivity index (χ4v) is 10.0. The number of fused-ring (bicyclic) bond motifs is 16. The van der Waals surface area contributed by atoms with Gasteiger partial charge in [-0.2, -0.15) is 0 Å². The van der Waals surface area contributed by atoms with E-state index in [1.54, 1.807) is 0 Å². The van der Waals surface area contributed by atoms with Gasteiger partial charge < -0.3 is 9.13 Å². The Kier molecular flexibility index (Phi) is 5.41. The quantitative estimate of drug-likeness (QED) is 0.163. The van der Waals surface area contributed by atoms with Gasteiger partial charge in [0.05, 0.1) is 22.1 Å². The third-order valence-corrected chi connectivity index (χ3v) is 12.2. The first-order chi connectivity index (χ1) is 25.3. The molecular weight excluding hydrogens is 637 g/mol. The first kappa shape index (κ1) is 27.4. The topological polar surface area (TPSA) is 9.86 Å². The lowest BCUT2D eigenvalue weighted by atomic mass is 9.94. The molecule has 0 N–H and O–H groups in total. The van der Waals surface area contributed by atoms with Crippen molar-refractivity contribution in [3.05, 3.63) is 170 Å². The first-order valence-corrected chi connectivity index (χ1v) is 18.3. The highest BCUT2D eigenvalue weighted by molar-refractivity contribution is 7.25. The fraction of sp³-hybridized carbons (Fsp3) is 0. The van der Waals surface area contributed by atoms with E-state index in [2.05, 4.69) is 179 Å². The largest absolute Gasteiger partial charge is 0.309 e. The van der Waals surface area contributed by atoms with E-state index in [9.17, 15) is 0 Å². The average molecular weight is 665 g/mol. The maximum absolute atomic E-state index is 2.48. The number of hydrogen-bond acceptors (Lipinski definition) is 1. The smallest absolute Gasteiger partial charge is 0.0548 e. The van der Waals surface area contributed by atoms with Gasteiger partial charge in [0.2, 0.25) is 0 Å². The summed E-state index contributed by atoms with van der Waals surface area (Å²) in [4.78, 5) is 0. The Hall–Kier alpha value is -6.42. The molecule has 0 unspecified atom stereocenters. The SMILES string of the molecule is c1ccc2c(c1)sc1ccc(-n3c4ccccc4c4c5c6ccccc6n(-c6ccc7c8ccccc8c8ccccc8c7c6)c5ccc43)cc12. The normalized spacial score (nSPS) is 12.3. The van der Waals surface area contributed by atoms with Crippen molar-refractivity contribution in [2.24, 2.45) is 0 Å². The summed E-state index contributed by atoms with van der Waals surface area (Å²) in [6.07, 6.45) is 0. The molecule has 0 saturated carbocycles. The van der Waals surface area contributed by atoms with E-state index < -0.39 is 0 Å². The van der Waals surface area contributed by atoms with Gasteiger partial charge in [-0.05, 0) is 93.0 Å². The van der Waals surface area contributed by atoms with Gasteiger partial charge >= 0.3 is 0 Å². The zero-order valence-corrected chi connectivity index (χ0v) is 28.3. The van der Waals surface area contributed by atoms with Crippen LogP contribution in [0.5, 0.6) is 0 Å². The van der Waals surface area contributed by atoms with Gasteiger partial charge in [0.25, 0.3) is 0 Å². The Balaban J connectivity index is 1.18. The Morgan fingerprint density at radius 1 is 0.275 bits per heavy atom. The zero-order chi connectivity index (χ0) is 33.2. The highest BCUT2D eigenvalue weighted by Gasteiger charge is 2.21. The molecule has 51 heavy (non-hydrogen) atoms. The Morgan fingerprint density at radius 2 is 0.686 bits per heavy atom. The maximum Gasteiger partial charge on any atom is 0.0548 e. The number of benzene rings is 9. The molecule has 0 fully saturated rings. The summed E-state index contributed by atoms with van der Waals surface area (Å²) in [5.41, 5.74) is 7.24. The van der Waals surface area contributed by atoms with Gasteiger partial charge in [-0.1, -0.05) is 109 Å². The lowest BCUT2D eigenvalue weighted by Crippen LogP contribution is -1.95. The summed E-state index contributed by atoms with van der Waals surface area (Å²) in [6, 6.07) is 63.0. The van der Waals surface area contributed by atoms with Gasteiger partial charge in [0.1, 0.15) is 0 Å². The predicted molar refractivity (Wildman–Crippen MR) is 221 cm³/mol. The van der Waals surface area contributed by atoms with E-state index in [1.807, 2.05) is 11.3 Å². The second-order valence-electron chi connectivity index (χ2n) is 13.7. The molecule has 0 radical (unpaired) electrons. The van der Waals surface area contributed by atoms with Crippen LogP contribution in [0.15, 0.2) is 170 Å². The molecule has 2 nitrogen and oxygen atoms in total. The van der Waals surface area contributed by atoms with Crippen LogP contribution in [0, 0.1) is 0 Å². The molecule has 0 aliphatic rings. The van der Waals surface area contributed by atoms with E-state index in [-0.39, 0.29) is 0 Å². The van der Waals surface area contributed by atoms with Crippen LogP contribution in [-0.4, -0.2) is 9.13 Å². The number of aromatic nitrogens is 2. The second-order valence-corrected chi connectivity index (χ2v) is 14.7. The molecule has 0 aliphatic carbocycles. The average Bonchev–Trinajstić information content (AvgIpc) is 3.85. The Labute approximate surface area is 296 Å². The van der Waals surface area contributed by atoms with Crippen molar-refractivity contribution >= 4 is 107 Å². The molecule has 0 bridgehead atoms. The summed E-state index contributed by atoms with van der Waals surface area (Å²) < 4.78 is 7.59. The van der Waals surface area contributed by atoms with Gasteiger partial charge in [0.15, 0.2) is 0 Å². The molecule has 0 amide bonds. The highest BCUT2D eigenvalue weighted by atomic mass is 32.1. The standard InChI is InChI=1S/C48H28N2S/c1-2-13-33-31(11-1)32-12-3-4-14-34(32)39-27-29(21-23-35(33)39)49-41-18-8-5-16-37(41)47-43(49)24-25-44-48(47)38-17-6-9-19-42(38)50(44)30-22-26-46-40(28-30)36-15-7-10-20-45(36)51-46/h1-28H. The van der Waals surface area contributed by atoms with Crippen LogP contribution in [0.25, 0.3) is 107 Å². The van der Waals surface area contributed by atoms with E-state index in [0.29, 0.717) is 0 Å². The predicted octanol–water partition coefficient (Wildman–Crippen LogP) is 13.7. The molecular formula is C48H28N2S. The van der Waals surface area contributed by atoms with Crippen LogP contribution < -0.4 is 0 Å². The van der Waals surface area contributed by atoms with Gasteiger partial charge in [-0.15, -0.1) is 11.3 Å². The summed E-state index contributed by atoms with van der Waals surface area (Å²) in [7, 11) is 0. The molecule has 12 aromatic rings. The Bertz CT molecular complexity index is 3390. The molecule has 3 heterocycles. The molecule has 0 spiro atoms. The van der Waals surface area contributed by atoms with Crippen LogP contribution in [0.2, 0.25) is 0 Å². The number of para-hydroxylation sites is 2. The summed E-state index contributed by atoms with van der Waals surface area (Å²) in [5.74, 6) is 0.